The van der Waals surface area contributed by atoms with E-state index in [2.05, 4.69) is 4.84 Å². The molecule has 0 bridgehead atoms. The van der Waals surface area contributed by atoms with Gasteiger partial charge in [0.05, 0.1) is 5.56 Å². The number of aromatic carboxylic acids is 1. The van der Waals surface area contributed by atoms with Gasteiger partial charge in [0.25, 0.3) is 5.91 Å². The third-order valence-corrected chi connectivity index (χ3v) is 3.26. The summed E-state index contributed by atoms with van der Waals surface area (Å²) < 4.78 is 0. The van der Waals surface area contributed by atoms with Crippen LogP contribution < -0.4 is 5.48 Å². The third kappa shape index (κ3) is 6.73. The largest absolute Gasteiger partial charge is 0.478 e. The van der Waals surface area contributed by atoms with Gasteiger partial charge in [0, 0.05) is 19.3 Å². The molecule has 0 fully saturated rings. The molecule has 1 aromatic carbocycles. The molecule has 1 atom stereocenters. The Balaban J connectivity index is 2.63. The van der Waals surface area contributed by atoms with E-state index in [1.807, 2.05) is 5.48 Å². The van der Waals surface area contributed by atoms with Crippen molar-refractivity contribution in [2.45, 2.75) is 33.1 Å². The van der Waals surface area contributed by atoms with Gasteiger partial charge in [-0.2, -0.15) is 5.48 Å². The van der Waals surface area contributed by atoms with E-state index in [4.69, 9.17) is 5.11 Å². The van der Waals surface area contributed by atoms with Crippen LogP contribution >= 0.6 is 0 Å². The van der Waals surface area contributed by atoms with Crippen LogP contribution in [0.5, 0.6) is 0 Å². The average molecular weight is 321 g/mol. The molecule has 0 aliphatic carbocycles. The highest BCUT2D eigenvalue weighted by Crippen LogP contribution is 2.17. The van der Waals surface area contributed by atoms with Gasteiger partial charge < -0.3 is 9.94 Å². The van der Waals surface area contributed by atoms with Gasteiger partial charge >= 0.3 is 11.9 Å². The molecule has 124 valence electrons. The summed E-state index contributed by atoms with van der Waals surface area (Å²) in [6.45, 7) is 2.59. The van der Waals surface area contributed by atoms with Gasteiger partial charge in [-0.3, -0.25) is 14.4 Å². The minimum Gasteiger partial charge on any atom is -0.478 e. The number of amides is 1. The lowest BCUT2D eigenvalue weighted by Gasteiger charge is -2.14. The molecule has 7 nitrogen and oxygen atoms in total. The molecule has 0 spiro atoms. The van der Waals surface area contributed by atoms with Crippen molar-refractivity contribution >= 4 is 23.6 Å². The lowest BCUT2D eigenvalue weighted by Crippen LogP contribution is -2.27. The summed E-state index contributed by atoms with van der Waals surface area (Å²) >= 11 is 0. The normalized spacial score (nSPS) is 11.4. The number of hydrogen-bond acceptors (Lipinski definition) is 5. The van der Waals surface area contributed by atoms with Gasteiger partial charge in [0.15, 0.2) is 0 Å². The first-order valence-electron chi connectivity index (χ1n) is 7.08. The zero-order valence-corrected chi connectivity index (χ0v) is 13.0. The van der Waals surface area contributed by atoms with E-state index in [0.29, 0.717) is 12.0 Å². The maximum absolute atomic E-state index is 11.7. The smallest absolute Gasteiger partial charge is 0.335 e. The first-order chi connectivity index (χ1) is 10.8. The maximum atomic E-state index is 11.7. The Bertz CT molecular complexity index is 610. The van der Waals surface area contributed by atoms with E-state index in [1.54, 1.807) is 12.1 Å². The predicted molar refractivity (Wildman–Crippen MR) is 80.4 cm³/mol. The van der Waals surface area contributed by atoms with Crippen LogP contribution in [0.2, 0.25) is 0 Å². The second-order valence-electron chi connectivity index (χ2n) is 5.17. The average Bonchev–Trinajstić information content (AvgIpc) is 2.49. The highest BCUT2D eigenvalue weighted by atomic mass is 16.7. The molecule has 23 heavy (non-hydrogen) atoms. The Morgan fingerprint density at radius 3 is 2.48 bits per heavy atom. The first-order valence-corrected chi connectivity index (χ1v) is 7.08. The van der Waals surface area contributed by atoms with Crippen LogP contribution in [-0.4, -0.2) is 28.7 Å². The third-order valence-electron chi connectivity index (χ3n) is 3.26. The minimum absolute atomic E-state index is 0.0240. The van der Waals surface area contributed by atoms with Crippen molar-refractivity contribution < 1.29 is 29.1 Å². The van der Waals surface area contributed by atoms with Crippen molar-refractivity contribution in [3.8, 4) is 0 Å². The van der Waals surface area contributed by atoms with Crippen LogP contribution in [0.4, 0.5) is 0 Å². The summed E-state index contributed by atoms with van der Waals surface area (Å²) in [4.78, 5) is 49.1. The van der Waals surface area contributed by atoms with Crippen molar-refractivity contribution in [2.24, 2.45) is 5.92 Å². The van der Waals surface area contributed by atoms with E-state index in [1.165, 1.54) is 19.1 Å². The molecule has 1 unspecified atom stereocenters. The summed E-state index contributed by atoms with van der Waals surface area (Å²) in [5.41, 5.74) is 2.85. The van der Waals surface area contributed by atoms with Crippen molar-refractivity contribution in [1.29, 1.82) is 0 Å². The van der Waals surface area contributed by atoms with E-state index in [9.17, 15) is 19.2 Å². The van der Waals surface area contributed by atoms with Crippen LogP contribution in [0.3, 0.4) is 0 Å². The summed E-state index contributed by atoms with van der Waals surface area (Å²) in [7, 11) is 0. The Labute approximate surface area is 133 Å². The number of benzene rings is 1. The maximum Gasteiger partial charge on any atom is 0.335 e. The Morgan fingerprint density at radius 1 is 1.22 bits per heavy atom. The quantitative estimate of drug-likeness (QED) is 0.737. The van der Waals surface area contributed by atoms with Gasteiger partial charge in [-0.25, -0.2) is 4.79 Å². The van der Waals surface area contributed by atoms with Gasteiger partial charge in [0.1, 0.15) is 5.78 Å². The van der Waals surface area contributed by atoms with Crippen LogP contribution in [-0.2, 0) is 25.6 Å². The van der Waals surface area contributed by atoms with Crippen LogP contribution in [0.25, 0.3) is 0 Å². The highest BCUT2D eigenvalue weighted by molar-refractivity contribution is 5.87. The second kappa shape index (κ2) is 8.67. The molecule has 1 aromatic rings. The van der Waals surface area contributed by atoms with Gasteiger partial charge in [-0.1, -0.05) is 12.1 Å². The molecule has 1 amide bonds. The van der Waals surface area contributed by atoms with Crippen LogP contribution in [0.15, 0.2) is 24.3 Å². The standard InChI is InChI=1S/C16H19NO6/c1-10(18)13(6-7-15(20)17-23-11(2)19)8-12-4-3-5-14(9-12)16(21)22/h3-5,9,13H,6-8H2,1-2H3,(H,17,20)(H,21,22). The summed E-state index contributed by atoms with van der Waals surface area (Å²) in [6, 6.07) is 6.34. The van der Waals surface area contributed by atoms with Gasteiger partial charge in [0.2, 0.25) is 0 Å². The minimum atomic E-state index is -1.04. The first kappa shape index (κ1) is 18.3. The van der Waals surface area contributed by atoms with Crippen LogP contribution in [0, 0.1) is 5.92 Å². The summed E-state index contributed by atoms with van der Waals surface area (Å²) in [5, 5.41) is 8.97. The van der Waals surface area contributed by atoms with Crippen molar-refractivity contribution in [2.75, 3.05) is 0 Å². The number of Topliss-reactive ketones (excluding diaryl/α,β-unsaturated/α-hetero) is 1. The highest BCUT2D eigenvalue weighted by Gasteiger charge is 2.17. The number of ketones is 1. The fourth-order valence-corrected chi connectivity index (χ4v) is 2.05. The molecule has 0 heterocycles. The number of carboxylic acid groups (broad SMARTS) is 1. The Hall–Kier alpha value is -2.70. The number of carboxylic acids is 1. The molecular weight excluding hydrogens is 302 g/mol. The number of hydrogen-bond donors (Lipinski definition) is 2. The second-order valence-corrected chi connectivity index (χ2v) is 5.17. The van der Waals surface area contributed by atoms with E-state index >= 15 is 0 Å². The summed E-state index contributed by atoms with van der Waals surface area (Å²) in [5.74, 6) is -2.67. The zero-order chi connectivity index (χ0) is 17.4. The summed E-state index contributed by atoms with van der Waals surface area (Å²) in [6.07, 6.45) is 0.646. The van der Waals surface area contributed by atoms with Crippen molar-refractivity contribution in [3.05, 3.63) is 35.4 Å². The van der Waals surface area contributed by atoms with E-state index in [-0.39, 0.29) is 24.2 Å². The van der Waals surface area contributed by atoms with E-state index < -0.39 is 23.8 Å². The Morgan fingerprint density at radius 2 is 1.91 bits per heavy atom. The fraction of sp³-hybridized carbons (Fsp3) is 0.375. The van der Waals surface area contributed by atoms with Crippen LogP contribution in [0.1, 0.15) is 42.6 Å². The molecule has 0 aliphatic rings. The zero-order valence-electron chi connectivity index (χ0n) is 13.0. The molecule has 0 saturated carbocycles. The number of rotatable bonds is 7. The number of carbonyl (C=O) groups is 4. The van der Waals surface area contributed by atoms with E-state index in [0.717, 1.165) is 6.92 Å². The number of carbonyl (C=O) groups excluding carboxylic acids is 3. The monoisotopic (exact) mass is 321 g/mol. The number of nitrogens with one attached hydrogen (secondary N) is 1. The molecule has 0 radical (unpaired) electrons. The molecule has 0 saturated heterocycles. The lowest BCUT2D eigenvalue weighted by molar-refractivity contribution is -0.156. The molecule has 7 heteroatoms. The molecule has 0 aromatic heterocycles. The topological polar surface area (TPSA) is 110 Å². The molecule has 0 aliphatic heterocycles. The lowest BCUT2D eigenvalue weighted by atomic mass is 9.91. The van der Waals surface area contributed by atoms with Gasteiger partial charge in [-0.05, 0) is 37.5 Å². The Kier molecular flexibility index (Phi) is 6.92. The SMILES string of the molecule is CC(=O)ONC(=O)CCC(Cc1cccc(C(=O)O)c1)C(C)=O. The number of hydroxylamine groups is 1. The van der Waals surface area contributed by atoms with Crippen molar-refractivity contribution in [1.82, 2.24) is 5.48 Å². The molecular formula is C16H19NO6. The molecule has 1 rings (SSSR count). The molecule has 2 N–H and O–H groups in total. The van der Waals surface area contributed by atoms with Crippen molar-refractivity contribution in [3.63, 3.8) is 0 Å². The fourth-order valence-electron chi connectivity index (χ4n) is 2.05. The van der Waals surface area contributed by atoms with Gasteiger partial charge in [-0.15, -0.1) is 0 Å². The predicted octanol–water partition coefficient (Wildman–Crippen LogP) is 1.51.